The molecule has 1 saturated carbocycles. The van der Waals surface area contributed by atoms with Crippen molar-refractivity contribution in [1.82, 2.24) is 15.2 Å². The first-order valence-corrected chi connectivity index (χ1v) is 11.3. The second-order valence-electron chi connectivity index (χ2n) is 8.79. The molecule has 2 aromatic rings. The summed E-state index contributed by atoms with van der Waals surface area (Å²) in [6.07, 6.45) is 7.01. The van der Waals surface area contributed by atoms with Gasteiger partial charge in [-0.1, -0.05) is 6.07 Å². The Kier molecular flexibility index (Phi) is 6.76. The van der Waals surface area contributed by atoms with E-state index in [2.05, 4.69) is 35.1 Å². The molecule has 6 nitrogen and oxygen atoms in total. The van der Waals surface area contributed by atoms with Crippen LogP contribution in [0, 0.1) is 6.92 Å². The molecule has 0 spiro atoms. The van der Waals surface area contributed by atoms with Crippen molar-refractivity contribution in [2.45, 2.75) is 64.1 Å². The minimum absolute atomic E-state index is 0.0385. The molecule has 1 aromatic heterocycles. The second kappa shape index (κ2) is 9.69. The minimum atomic E-state index is -0.0385. The maximum absolute atomic E-state index is 12.4. The van der Waals surface area contributed by atoms with E-state index >= 15 is 0 Å². The van der Waals surface area contributed by atoms with Gasteiger partial charge in [-0.05, 0) is 69.4 Å². The Morgan fingerprint density at radius 1 is 1.19 bits per heavy atom. The SMILES string of the molecule is COc1ccc(C(=O)NC2CC2)cc1OC1CCN([C@@H](C)Cc2ncccc2C)CC1. The van der Waals surface area contributed by atoms with E-state index in [0.29, 0.717) is 29.1 Å². The van der Waals surface area contributed by atoms with E-state index in [1.165, 1.54) is 11.3 Å². The van der Waals surface area contributed by atoms with E-state index < -0.39 is 0 Å². The Labute approximate surface area is 185 Å². The summed E-state index contributed by atoms with van der Waals surface area (Å²) >= 11 is 0. The van der Waals surface area contributed by atoms with Crippen molar-refractivity contribution >= 4 is 5.91 Å². The molecule has 1 atom stereocenters. The van der Waals surface area contributed by atoms with Gasteiger partial charge in [0.15, 0.2) is 11.5 Å². The number of methoxy groups -OCH3 is 1. The fraction of sp³-hybridized carbons (Fsp3) is 0.520. The average molecular weight is 424 g/mol. The van der Waals surface area contributed by atoms with Crippen molar-refractivity contribution in [2.24, 2.45) is 0 Å². The molecule has 1 N–H and O–H groups in total. The second-order valence-corrected chi connectivity index (χ2v) is 8.79. The van der Waals surface area contributed by atoms with E-state index in [0.717, 1.165) is 45.2 Å². The summed E-state index contributed by atoms with van der Waals surface area (Å²) in [5.74, 6) is 1.29. The van der Waals surface area contributed by atoms with Gasteiger partial charge >= 0.3 is 0 Å². The molecule has 2 fully saturated rings. The number of carbonyl (C=O) groups is 1. The van der Waals surface area contributed by atoms with Gasteiger partial charge in [-0.3, -0.25) is 14.7 Å². The van der Waals surface area contributed by atoms with Crippen LogP contribution in [0.15, 0.2) is 36.5 Å². The number of nitrogens with zero attached hydrogens (tertiary/aromatic N) is 2. The molecule has 4 rings (SSSR count). The Morgan fingerprint density at radius 2 is 1.97 bits per heavy atom. The van der Waals surface area contributed by atoms with Gasteiger partial charge < -0.3 is 14.8 Å². The number of nitrogens with one attached hydrogen (secondary N) is 1. The van der Waals surface area contributed by atoms with Crippen molar-refractivity contribution < 1.29 is 14.3 Å². The van der Waals surface area contributed by atoms with Crippen LogP contribution in [0.3, 0.4) is 0 Å². The lowest BCUT2D eigenvalue weighted by atomic mass is 10.0. The van der Waals surface area contributed by atoms with E-state index in [-0.39, 0.29) is 12.0 Å². The van der Waals surface area contributed by atoms with E-state index in [9.17, 15) is 4.79 Å². The fourth-order valence-electron chi connectivity index (χ4n) is 4.16. The molecule has 1 saturated heterocycles. The lowest BCUT2D eigenvalue weighted by molar-refractivity contribution is 0.0774. The van der Waals surface area contributed by atoms with Gasteiger partial charge in [-0.25, -0.2) is 0 Å². The van der Waals surface area contributed by atoms with Crippen LogP contribution in [-0.4, -0.2) is 54.2 Å². The molecule has 1 aliphatic heterocycles. The average Bonchev–Trinajstić information content (AvgIpc) is 3.60. The highest BCUT2D eigenvalue weighted by molar-refractivity contribution is 5.95. The van der Waals surface area contributed by atoms with Crippen LogP contribution >= 0.6 is 0 Å². The van der Waals surface area contributed by atoms with E-state index in [4.69, 9.17) is 9.47 Å². The van der Waals surface area contributed by atoms with Crippen molar-refractivity contribution in [3.05, 3.63) is 53.3 Å². The molecule has 1 aromatic carbocycles. The number of pyridine rings is 1. The fourth-order valence-corrected chi connectivity index (χ4v) is 4.16. The first-order valence-electron chi connectivity index (χ1n) is 11.3. The number of benzene rings is 1. The summed E-state index contributed by atoms with van der Waals surface area (Å²) in [5, 5.41) is 3.03. The maximum Gasteiger partial charge on any atom is 0.251 e. The van der Waals surface area contributed by atoms with Crippen molar-refractivity contribution in [3.63, 3.8) is 0 Å². The van der Waals surface area contributed by atoms with E-state index in [1.807, 2.05) is 24.4 Å². The summed E-state index contributed by atoms with van der Waals surface area (Å²) < 4.78 is 11.8. The zero-order valence-corrected chi connectivity index (χ0v) is 18.8. The van der Waals surface area contributed by atoms with Gasteiger partial charge in [-0.2, -0.15) is 0 Å². The summed E-state index contributed by atoms with van der Waals surface area (Å²) in [6, 6.07) is 10.3. The number of aryl methyl sites for hydroxylation is 1. The third kappa shape index (κ3) is 5.56. The zero-order valence-electron chi connectivity index (χ0n) is 18.8. The maximum atomic E-state index is 12.4. The number of rotatable bonds is 8. The molecule has 1 aliphatic carbocycles. The van der Waals surface area contributed by atoms with Gasteiger partial charge in [0.1, 0.15) is 6.10 Å². The predicted octanol–water partition coefficient (Wildman–Crippen LogP) is 3.77. The normalized spacial score (nSPS) is 18.4. The number of piperidine rings is 1. The first-order chi connectivity index (χ1) is 15.0. The van der Waals surface area contributed by atoms with Crippen LogP contribution in [0.25, 0.3) is 0 Å². The zero-order chi connectivity index (χ0) is 21.8. The summed E-state index contributed by atoms with van der Waals surface area (Å²) in [6.45, 7) is 6.38. The molecular formula is C25H33N3O3. The number of likely N-dealkylation sites (tertiary alicyclic amines) is 1. The summed E-state index contributed by atoms with van der Waals surface area (Å²) in [5.41, 5.74) is 3.06. The van der Waals surface area contributed by atoms with Gasteiger partial charge in [0.05, 0.1) is 7.11 Å². The summed E-state index contributed by atoms with van der Waals surface area (Å²) in [4.78, 5) is 19.5. The van der Waals surface area contributed by atoms with Crippen LogP contribution in [0.4, 0.5) is 0 Å². The molecule has 2 aliphatic rings. The molecule has 6 heteroatoms. The lowest BCUT2D eigenvalue weighted by Crippen LogP contribution is -2.44. The Hall–Kier alpha value is -2.60. The third-order valence-electron chi connectivity index (χ3n) is 6.34. The largest absolute Gasteiger partial charge is 0.493 e. The standard InChI is InChI=1S/C25H33N3O3/c1-17-5-4-12-26-22(17)15-18(2)28-13-10-21(11-14-28)31-24-16-19(6-9-23(24)30-3)25(29)27-20-7-8-20/h4-6,9,12,16,18,20-21H,7-8,10-11,13-15H2,1-3H3,(H,27,29)/t18-/m0/s1. The minimum Gasteiger partial charge on any atom is -0.493 e. The Balaban J connectivity index is 1.33. The van der Waals surface area contributed by atoms with Gasteiger partial charge in [0.25, 0.3) is 5.91 Å². The van der Waals surface area contributed by atoms with Gasteiger partial charge in [0, 0.05) is 49.0 Å². The highest BCUT2D eigenvalue weighted by Gasteiger charge is 2.27. The highest BCUT2D eigenvalue weighted by Crippen LogP contribution is 2.31. The quantitative estimate of drug-likeness (QED) is 0.700. The van der Waals surface area contributed by atoms with Crippen LogP contribution < -0.4 is 14.8 Å². The van der Waals surface area contributed by atoms with Crippen molar-refractivity contribution in [3.8, 4) is 11.5 Å². The van der Waals surface area contributed by atoms with Crippen LogP contribution in [0.5, 0.6) is 11.5 Å². The first kappa shape index (κ1) is 21.6. The van der Waals surface area contributed by atoms with Crippen LogP contribution in [0.1, 0.15) is 54.2 Å². The number of amides is 1. The molecule has 2 heterocycles. The van der Waals surface area contributed by atoms with Crippen molar-refractivity contribution in [2.75, 3.05) is 20.2 Å². The summed E-state index contributed by atoms with van der Waals surface area (Å²) in [7, 11) is 1.63. The smallest absolute Gasteiger partial charge is 0.251 e. The topological polar surface area (TPSA) is 63.7 Å². The molecule has 0 bridgehead atoms. The Morgan fingerprint density at radius 3 is 2.65 bits per heavy atom. The lowest BCUT2D eigenvalue weighted by Gasteiger charge is -2.36. The van der Waals surface area contributed by atoms with Gasteiger partial charge in [-0.15, -0.1) is 0 Å². The van der Waals surface area contributed by atoms with Crippen LogP contribution in [0.2, 0.25) is 0 Å². The molecule has 166 valence electrons. The number of aromatic nitrogens is 1. The molecule has 0 radical (unpaired) electrons. The third-order valence-corrected chi connectivity index (χ3v) is 6.34. The Bertz CT molecular complexity index is 905. The predicted molar refractivity (Wildman–Crippen MR) is 121 cm³/mol. The van der Waals surface area contributed by atoms with Crippen LogP contribution in [-0.2, 0) is 6.42 Å². The number of carbonyl (C=O) groups excluding carboxylic acids is 1. The molecule has 31 heavy (non-hydrogen) atoms. The molecule has 0 unspecified atom stereocenters. The monoisotopic (exact) mass is 423 g/mol. The number of hydrogen-bond donors (Lipinski definition) is 1. The molecular weight excluding hydrogens is 390 g/mol. The van der Waals surface area contributed by atoms with Crippen molar-refractivity contribution in [1.29, 1.82) is 0 Å². The number of hydrogen-bond acceptors (Lipinski definition) is 5. The number of ether oxygens (including phenoxy) is 2. The van der Waals surface area contributed by atoms with Gasteiger partial charge in [0.2, 0.25) is 0 Å². The highest BCUT2D eigenvalue weighted by atomic mass is 16.5. The molecule has 1 amide bonds. The van der Waals surface area contributed by atoms with E-state index in [1.54, 1.807) is 13.2 Å².